The maximum Gasteiger partial charge on any atom is 0.326 e. The van der Waals surface area contributed by atoms with Crippen molar-refractivity contribution in [3.05, 3.63) is 0 Å². The topological polar surface area (TPSA) is 77.9 Å². The quantitative estimate of drug-likeness (QED) is 0.772. The molecular weight excluding hydrogens is 308 g/mol. The number of hydrogen-bond donors (Lipinski definition) is 1. The summed E-state index contributed by atoms with van der Waals surface area (Å²) >= 11 is 0. The van der Waals surface area contributed by atoms with E-state index in [-0.39, 0.29) is 24.3 Å². The molecule has 6 nitrogen and oxygen atoms in total. The lowest BCUT2D eigenvalue weighted by Gasteiger charge is -2.33. The zero-order valence-corrected chi connectivity index (χ0v) is 14.9. The van der Waals surface area contributed by atoms with Gasteiger partial charge in [-0.15, -0.1) is 0 Å². The van der Waals surface area contributed by atoms with Crippen LogP contribution in [0.4, 0.5) is 0 Å². The first kappa shape index (κ1) is 18.7. The Morgan fingerprint density at radius 1 is 1.08 bits per heavy atom. The molecule has 2 aliphatic rings. The molecule has 0 bridgehead atoms. The summed E-state index contributed by atoms with van der Waals surface area (Å²) in [6.07, 6.45) is 5.84. The van der Waals surface area contributed by atoms with Gasteiger partial charge in [0, 0.05) is 32.0 Å². The van der Waals surface area contributed by atoms with Gasteiger partial charge in [0.05, 0.1) is 0 Å². The first-order chi connectivity index (χ1) is 11.5. The molecule has 0 aromatic rings. The second-order valence-electron chi connectivity index (χ2n) is 6.92. The van der Waals surface area contributed by atoms with E-state index < -0.39 is 12.0 Å². The van der Waals surface area contributed by atoms with E-state index in [9.17, 15) is 19.5 Å². The Hall–Kier alpha value is -1.59. The second kappa shape index (κ2) is 8.49. The lowest BCUT2D eigenvalue weighted by molar-refractivity contribution is -0.150. The second-order valence-corrected chi connectivity index (χ2v) is 6.92. The average molecular weight is 338 g/mol. The molecule has 1 N–H and O–H groups in total. The molecule has 24 heavy (non-hydrogen) atoms. The minimum Gasteiger partial charge on any atom is -0.480 e. The van der Waals surface area contributed by atoms with E-state index in [0.29, 0.717) is 38.3 Å². The van der Waals surface area contributed by atoms with E-state index in [2.05, 4.69) is 0 Å². The van der Waals surface area contributed by atoms with E-state index in [1.807, 2.05) is 13.8 Å². The standard InChI is InChI=1S/C18H30N2O4/c1-3-19(4-2)16(21)10-7-11-17(22)20-14-9-6-5-8-13(14)12-15(20)18(23)24/h13-15H,3-12H2,1-2H3,(H,23,24). The van der Waals surface area contributed by atoms with Gasteiger partial charge in [0.2, 0.25) is 11.8 Å². The molecule has 2 amide bonds. The van der Waals surface area contributed by atoms with E-state index >= 15 is 0 Å². The molecule has 0 spiro atoms. The summed E-state index contributed by atoms with van der Waals surface area (Å²) in [6, 6.07) is -0.588. The number of carbonyl (C=O) groups is 3. The van der Waals surface area contributed by atoms with Crippen LogP contribution in [-0.4, -0.2) is 57.9 Å². The summed E-state index contributed by atoms with van der Waals surface area (Å²) in [7, 11) is 0. The smallest absolute Gasteiger partial charge is 0.326 e. The number of nitrogens with zero attached hydrogens (tertiary/aromatic N) is 2. The number of hydrogen-bond acceptors (Lipinski definition) is 3. The van der Waals surface area contributed by atoms with Crippen molar-refractivity contribution in [1.29, 1.82) is 0 Å². The summed E-state index contributed by atoms with van der Waals surface area (Å²) < 4.78 is 0. The molecule has 0 aromatic carbocycles. The number of carbonyl (C=O) groups excluding carboxylic acids is 2. The number of carboxylic acid groups (broad SMARTS) is 1. The summed E-state index contributed by atoms with van der Waals surface area (Å²) in [6.45, 7) is 5.25. The number of likely N-dealkylation sites (tertiary alicyclic amines) is 1. The van der Waals surface area contributed by atoms with Crippen LogP contribution in [0, 0.1) is 5.92 Å². The Labute approximate surface area is 144 Å². The van der Waals surface area contributed by atoms with Gasteiger partial charge < -0.3 is 14.9 Å². The molecule has 2 rings (SSSR count). The molecule has 136 valence electrons. The molecule has 1 aliphatic heterocycles. The Bertz CT molecular complexity index is 476. The minimum absolute atomic E-state index is 0.0690. The molecule has 0 aromatic heterocycles. The van der Waals surface area contributed by atoms with Crippen molar-refractivity contribution < 1.29 is 19.5 Å². The van der Waals surface area contributed by atoms with Crippen LogP contribution < -0.4 is 0 Å². The third kappa shape index (κ3) is 4.08. The summed E-state index contributed by atoms with van der Waals surface area (Å²) in [5.74, 6) is -0.582. The molecule has 2 fully saturated rings. The van der Waals surface area contributed by atoms with Crippen LogP contribution in [0.5, 0.6) is 0 Å². The highest BCUT2D eigenvalue weighted by Gasteiger charge is 2.47. The molecular formula is C18H30N2O4. The van der Waals surface area contributed by atoms with Gasteiger partial charge in [0.1, 0.15) is 6.04 Å². The number of carboxylic acids is 1. The van der Waals surface area contributed by atoms with Gasteiger partial charge in [-0.1, -0.05) is 12.8 Å². The van der Waals surface area contributed by atoms with E-state index in [1.165, 1.54) is 0 Å². The van der Waals surface area contributed by atoms with Gasteiger partial charge in [0.25, 0.3) is 0 Å². The highest BCUT2D eigenvalue weighted by atomic mass is 16.4. The summed E-state index contributed by atoms with van der Waals surface area (Å²) in [5.41, 5.74) is 0. The number of rotatable bonds is 7. The third-order valence-corrected chi connectivity index (χ3v) is 5.56. The Balaban J connectivity index is 1.92. The van der Waals surface area contributed by atoms with Crippen molar-refractivity contribution in [2.24, 2.45) is 5.92 Å². The average Bonchev–Trinajstić information content (AvgIpc) is 2.95. The molecule has 1 saturated carbocycles. The molecule has 1 saturated heterocycles. The van der Waals surface area contributed by atoms with Crippen molar-refractivity contribution in [2.75, 3.05) is 13.1 Å². The maximum atomic E-state index is 12.6. The van der Waals surface area contributed by atoms with Gasteiger partial charge in [-0.25, -0.2) is 4.79 Å². The number of aliphatic carboxylic acids is 1. The van der Waals surface area contributed by atoms with Gasteiger partial charge >= 0.3 is 5.97 Å². The van der Waals surface area contributed by atoms with Crippen molar-refractivity contribution >= 4 is 17.8 Å². The zero-order valence-electron chi connectivity index (χ0n) is 14.9. The molecule has 1 aliphatic carbocycles. The highest BCUT2D eigenvalue weighted by Crippen LogP contribution is 2.40. The van der Waals surface area contributed by atoms with Gasteiger partial charge in [-0.2, -0.15) is 0 Å². The minimum atomic E-state index is -0.892. The lowest BCUT2D eigenvalue weighted by atomic mass is 9.84. The Morgan fingerprint density at radius 2 is 1.75 bits per heavy atom. The normalized spacial score (nSPS) is 26.1. The largest absolute Gasteiger partial charge is 0.480 e. The van der Waals surface area contributed by atoms with Gasteiger partial charge in [-0.05, 0) is 45.4 Å². The fraction of sp³-hybridized carbons (Fsp3) is 0.833. The van der Waals surface area contributed by atoms with E-state index in [1.54, 1.807) is 9.80 Å². The maximum absolute atomic E-state index is 12.6. The van der Waals surface area contributed by atoms with Crippen molar-refractivity contribution in [3.63, 3.8) is 0 Å². The van der Waals surface area contributed by atoms with Crippen molar-refractivity contribution in [2.45, 2.75) is 77.3 Å². The SMILES string of the molecule is CCN(CC)C(=O)CCCC(=O)N1C(C(=O)O)CC2CCCCC21. The van der Waals surface area contributed by atoms with Gasteiger partial charge in [0.15, 0.2) is 0 Å². The van der Waals surface area contributed by atoms with Crippen LogP contribution in [0.15, 0.2) is 0 Å². The number of amides is 2. The van der Waals surface area contributed by atoms with Crippen molar-refractivity contribution in [1.82, 2.24) is 9.80 Å². The fourth-order valence-electron chi connectivity index (χ4n) is 4.29. The molecule has 3 atom stereocenters. The molecule has 3 unspecified atom stereocenters. The van der Waals surface area contributed by atoms with E-state index in [0.717, 1.165) is 25.7 Å². The predicted octanol–water partition coefficient (Wildman–Crippen LogP) is 2.27. The van der Waals surface area contributed by atoms with Crippen LogP contribution in [0.2, 0.25) is 0 Å². The van der Waals surface area contributed by atoms with Crippen LogP contribution >= 0.6 is 0 Å². The Morgan fingerprint density at radius 3 is 2.38 bits per heavy atom. The van der Waals surface area contributed by atoms with Crippen LogP contribution in [0.25, 0.3) is 0 Å². The van der Waals surface area contributed by atoms with Crippen LogP contribution in [0.3, 0.4) is 0 Å². The van der Waals surface area contributed by atoms with E-state index in [4.69, 9.17) is 0 Å². The van der Waals surface area contributed by atoms with Crippen LogP contribution in [-0.2, 0) is 14.4 Å². The lowest BCUT2D eigenvalue weighted by Crippen LogP contribution is -2.46. The zero-order chi connectivity index (χ0) is 17.7. The molecule has 0 radical (unpaired) electrons. The molecule has 6 heteroatoms. The summed E-state index contributed by atoms with van der Waals surface area (Å²) in [5, 5.41) is 9.48. The van der Waals surface area contributed by atoms with Crippen LogP contribution in [0.1, 0.15) is 65.2 Å². The van der Waals surface area contributed by atoms with Crippen molar-refractivity contribution in [3.8, 4) is 0 Å². The Kier molecular flexibility index (Phi) is 6.63. The number of fused-ring (bicyclic) bond motifs is 1. The molecule has 1 heterocycles. The first-order valence-electron chi connectivity index (χ1n) is 9.31. The third-order valence-electron chi connectivity index (χ3n) is 5.56. The predicted molar refractivity (Wildman–Crippen MR) is 90.4 cm³/mol. The fourth-order valence-corrected chi connectivity index (χ4v) is 4.29. The summed E-state index contributed by atoms with van der Waals surface area (Å²) in [4.78, 5) is 39.6. The highest BCUT2D eigenvalue weighted by molar-refractivity contribution is 5.85. The monoisotopic (exact) mass is 338 g/mol. The van der Waals surface area contributed by atoms with Gasteiger partial charge in [-0.3, -0.25) is 9.59 Å². The first-order valence-corrected chi connectivity index (χ1v) is 9.31.